The number of hydrogen-bond acceptors (Lipinski definition) is 3. The zero-order chi connectivity index (χ0) is 13.5. The number of carboxylic acids is 2. The highest BCUT2D eigenvalue weighted by atomic mass is 16.4. The Morgan fingerprint density at radius 2 is 1.71 bits per heavy atom. The van der Waals surface area contributed by atoms with Crippen molar-refractivity contribution >= 4 is 18.2 Å². The highest BCUT2D eigenvalue weighted by Crippen LogP contribution is 2.51. The zero-order valence-corrected chi connectivity index (χ0v) is 10.4. The molecule has 0 aromatic rings. The summed E-state index contributed by atoms with van der Waals surface area (Å²) in [6.07, 6.45) is 4.25. The standard InChI is InChI=1S/C12H17NO4/c1-10(2,3)12(9(16)17)6-5-7-13-11(12,4)8(14)15/h5-7H,1-4H3,(H,14,15)(H,16,17). The predicted octanol–water partition coefficient (Wildman–Crippen LogP) is 1.59. The van der Waals surface area contributed by atoms with E-state index in [-0.39, 0.29) is 0 Å². The predicted molar refractivity (Wildman–Crippen MR) is 63.2 cm³/mol. The molecule has 0 bridgehead atoms. The third kappa shape index (κ3) is 1.57. The number of carbonyl (C=O) groups is 2. The zero-order valence-electron chi connectivity index (χ0n) is 10.4. The lowest BCUT2D eigenvalue weighted by molar-refractivity contribution is -0.167. The second-order valence-electron chi connectivity index (χ2n) is 5.38. The van der Waals surface area contributed by atoms with Gasteiger partial charge in [-0.15, -0.1) is 0 Å². The van der Waals surface area contributed by atoms with Gasteiger partial charge in [-0.2, -0.15) is 0 Å². The van der Waals surface area contributed by atoms with Crippen molar-refractivity contribution in [2.45, 2.75) is 33.2 Å². The van der Waals surface area contributed by atoms with E-state index in [1.807, 2.05) is 0 Å². The highest BCUT2D eigenvalue weighted by Gasteiger charge is 2.64. The van der Waals surface area contributed by atoms with Crippen molar-refractivity contribution < 1.29 is 19.8 Å². The van der Waals surface area contributed by atoms with Crippen LogP contribution in [-0.2, 0) is 9.59 Å². The van der Waals surface area contributed by atoms with E-state index in [0.717, 1.165) is 0 Å². The Kier molecular flexibility index (Phi) is 2.91. The number of aliphatic carboxylic acids is 2. The van der Waals surface area contributed by atoms with E-state index in [0.29, 0.717) is 0 Å². The molecule has 5 nitrogen and oxygen atoms in total. The minimum atomic E-state index is -1.70. The Morgan fingerprint density at radius 1 is 1.18 bits per heavy atom. The van der Waals surface area contributed by atoms with Crippen LogP contribution in [0.1, 0.15) is 27.7 Å². The molecule has 0 radical (unpaired) electrons. The number of carboxylic acid groups (broad SMARTS) is 2. The molecule has 2 atom stereocenters. The quantitative estimate of drug-likeness (QED) is 0.766. The fraction of sp³-hybridized carbons (Fsp3) is 0.583. The number of nitrogens with zero attached hydrogens (tertiary/aromatic N) is 1. The number of rotatable bonds is 2. The van der Waals surface area contributed by atoms with E-state index in [4.69, 9.17) is 0 Å². The minimum absolute atomic E-state index is 0.778. The van der Waals surface area contributed by atoms with Gasteiger partial charge in [0.1, 0.15) is 5.41 Å². The van der Waals surface area contributed by atoms with Crippen molar-refractivity contribution in [1.82, 2.24) is 0 Å². The molecule has 17 heavy (non-hydrogen) atoms. The smallest absolute Gasteiger partial charge is 0.332 e. The maximum atomic E-state index is 11.7. The Hall–Kier alpha value is -1.65. The summed E-state index contributed by atoms with van der Waals surface area (Å²) >= 11 is 0. The Bertz CT molecular complexity index is 419. The lowest BCUT2D eigenvalue weighted by atomic mass is 9.55. The minimum Gasteiger partial charge on any atom is -0.480 e. The first-order chi connectivity index (χ1) is 7.59. The van der Waals surface area contributed by atoms with Crippen molar-refractivity contribution in [2.24, 2.45) is 15.8 Å². The molecule has 94 valence electrons. The van der Waals surface area contributed by atoms with Gasteiger partial charge in [0, 0.05) is 6.21 Å². The van der Waals surface area contributed by atoms with Gasteiger partial charge in [0.05, 0.1) is 0 Å². The second-order valence-corrected chi connectivity index (χ2v) is 5.38. The molecule has 5 heteroatoms. The van der Waals surface area contributed by atoms with Crippen LogP contribution in [0.25, 0.3) is 0 Å². The van der Waals surface area contributed by atoms with Crippen molar-refractivity contribution in [3.8, 4) is 0 Å². The molecule has 1 aliphatic heterocycles. The number of allylic oxidation sites excluding steroid dienone is 1. The summed E-state index contributed by atoms with van der Waals surface area (Å²) in [6, 6.07) is 0. The van der Waals surface area contributed by atoms with Gasteiger partial charge in [0.2, 0.25) is 0 Å². The summed E-state index contributed by atoms with van der Waals surface area (Å²) in [4.78, 5) is 27.0. The van der Waals surface area contributed by atoms with Gasteiger partial charge in [-0.3, -0.25) is 9.79 Å². The molecule has 1 rings (SSSR count). The Balaban J connectivity index is 3.59. The summed E-state index contributed by atoms with van der Waals surface area (Å²) in [6.45, 7) is 6.45. The molecule has 0 aromatic heterocycles. The van der Waals surface area contributed by atoms with Crippen LogP contribution in [0.3, 0.4) is 0 Å². The van der Waals surface area contributed by atoms with Crippen LogP contribution in [-0.4, -0.2) is 33.9 Å². The molecule has 0 amide bonds. The summed E-state index contributed by atoms with van der Waals surface area (Å²) in [5.41, 5.74) is -4.05. The summed E-state index contributed by atoms with van der Waals surface area (Å²) in [5.74, 6) is -2.42. The average Bonchev–Trinajstić information content (AvgIpc) is 2.15. The molecule has 0 saturated carbocycles. The van der Waals surface area contributed by atoms with Crippen molar-refractivity contribution in [1.29, 1.82) is 0 Å². The third-order valence-electron chi connectivity index (χ3n) is 3.47. The molecule has 1 aliphatic rings. The van der Waals surface area contributed by atoms with Crippen molar-refractivity contribution in [2.75, 3.05) is 0 Å². The molecule has 2 N–H and O–H groups in total. The maximum Gasteiger partial charge on any atom is 0.332 e. The second kappa shape index (κ2) is 3.68. The van der Waals surface area contributed by atoms with Crippen LogP contribution in [0, 0.1) is 10.8 Å². The van der Waals surface area contributed by atoms with Gasteiger partial charge in [-0.1, -0.05) is 26.8 Å². The van der Waals surface area contributed by atoms with Crippen LogP contribution in [0.5, 0.6) is 0 Å². The van der Waals surface area contributed by atoms with Crippen LogP contribution in [0.4, 0.5) is 0 Å². The molecule has 1 heterocycles. The molecule has 0 aromatic carbocycles. The van der Waals surface area contributed by atoms with Crippen LogP contribution >= 0.6 is 0 Å². The first-order valence-electron chi connectivity index (χ1n) is 5.29. The molecule has 0 aliphatic carbocycles. The SMILES string of the molecule is CC(C)(C)C1(C(=O)O)C=CC=NC1(C)C(=O)O. The van der Waals surface area contributed by atoms with E-state index in [2.05, 4.69) is 4.99 Å². The van der Waals surface area contributed by atoms with E-state index in [9.17, 15) is 19.8 Å². The van der Waals surface area contributed by atoms with Crippen LogP contribution in [0.2, 0.25) is 0 Å². The van der Waals surface area contributed by atoms with Gasteiger partial charge >= 0.3 is 11.9 Å². The molecular formula is C12H17NO4. The highest BCUT2D eigenvalue weighted by molar-refractivity contribution is 5.96. The van der Waals surface area contributed by atoms with E-state index < -0.39 is 28.3 Å². The molecule has 2 unspecified atom stereocenters. The van der Waals surface area contributed by atoms with Gasteiger partial charge in [0.25, 0.3) is 0 Å². The number of aliphatic imine (C=N–C) groups is 1. The lowest BCUT2D eigenvalue weighted by Gasteiger charge is -2.47. The van der Waals surface area contributed by atoms with E-state index in [1.54, 1.807) is 20.8 Å². The fourth-order valence-electron chi connectivity index (χ4n) is 2.45. The number of hydrogen-bond donors (Lipinski definition) is 2. The topological polar surface area (TPSA) is 87.0 Å². The van der Waals surface area contributed by atoms with Crippen LogP contribution < -0.4 is 0 Å². The van der Waals surface area contributed by atoms with Gasteiger partial charge < -0.3 is 10.2 Å². The summed E-state index contributed by atoms with van der Waals surface area (Å²) < 4.78 is 0. The average molecular weight is 239 g/mol. The molecule has 0 fully saturated rings. The normalized spacial score (nSPS) is 32.5. The maximum absolute atomic E-state index is 11.7. The van der Waals surface area contributed by atoms with Crippen molar-refractivity contribution in [3.05, 3.63) is 12.2 Å². The summed E-state index contributed by atoms with van der Waals surface area (Å²) in [7, 11) is 0. The van der Waals surface area contributed by atoms with E-state index >= 15 is 0 Å². The first-order valence-corrected chi connectivity index (χ1v) is 5.29. The lowest BCUT2D eigenvalue weighted by Crippen LogP contribution is -2.61. The molecule has 0 saturated heterocycles. The van der Waals surface area contributed by atoms with Gasteiger partial charge in [-0.25, -0.2) is 4.79 Å². The van der Waals surface area contributed by atoms with Gasteiger partial charge in [-0.05, 0) is 18.4 Å². The monoisotopic (exact) mass is 239 g/mol. The fourth-order valence-corrected chi connectivity index (χ4v) is 2.45. The summed E-state index contributed by atoms with van der Waals surface area (Å²) in [5, 5.41) is 18.9. The van der Waals surface area contributed by atoms with E-state index in [1.165, 1.54) is 25.3 Å². The Morgan fingerprint density at radius 3 is 2.00 bits per heavy atom. The third-order valence-corrected chi connectivity index (χ3v) is 3.47. The van der Waals surface area contributed by atoms with Crippen LogP contribution in [0.15, 0.2) is 17.1 Å². The first kappa shape index (κ1) is 13.4. The van der Waals surface area contributed by atoms with Gasteiger partial charge in [0.15, 0.2) is 5.54 Å². The largest absolute Gasteiger partial charge is 0.480 e. The number of dihydropyridines is 1. The molecular weight excluding hydrogens is 222 g/mol. The Labute approximate surface area is 99.9 Å². The van der Waals surface area contributed by atoms with Crippen molar-refractivity contribution in [3.63, 3.8) is 0 Å². The molecule has 0 spiro atoms.